The Morgan fingerprint density at radius 3 is 2.67 bits per heavy atom. The molecule has 3 rings (SSSR count). The molecule has 4 heteroatoms. The van der Waals surface area contributed by atoms with Crippen molar-refractivity contribution in [3.63, 3.8) is 0 Å². The first-order valence-corrected chi connectivity index (χ1v) is 6.19. The van der Waals surface area contributed by atoms with Crippen LogP contribution in [0, 0.1) is 0 Å². The van der Waals surface area contributed by atoms with Crippen molar-refractivity contribution < 1.29 is 0 Å². The molecular weight excluding hydrogens is 224 g/mol. The van der Waals surface area contributed by atoms with Crippen LogP contribution >= 0.6 is 0 Å². The second-order valence-corrected chi connectivity index (χ2v) is 4.19. The summed E-state index contributed by atoms with van der Waals surface area (Å²) in [6.45, 7) is 3.80. The summed E-state index contributed by atoms with van der Waals surface area (Å²) in [7, 11) is 0. The minimum Gasteiger partial charge on any atom is -0.327 e. The predicted molar refractivity (Wildman–Crippen MR) is 72.9 cm³/mol. The van der Waals surface area contributed by atoms with Gasteiger partial charge in [-0.25, -0.2) is 4.98 Å². The van der Waals surface area contributed by atoms with Crippen LogP contribution in [0.5, 0.6) is 0 Å². The van der Waals surface area contributed by atoms with Crippen LogP contribution in [0.25, 0.3) is 11.0 Å². The summed E-state index contributed by atoms with van der Waals surface area (Å²) in [5.41, 5.74) is 5.57. The molecule has 2 heterocycles. The zero-order chi connectivity index (χ0) is 12.4. The Balaban J connectivity index is 1.91. The van der Waals surface area contributed by atoms with Gasteiger partial charge >= 0.3 is 0 Å². The summed E-state index contributed by atoms with van der Waals surface area (Å²) in [6, 6.07) is 12.2. The molecule has 3 aromatic rings. The molecule has 0 aliphatic heterocycles. The average molecular weight is 240 g/mol. The van der Waals surface area contributed by atoms with Crippen LogP contribution < -0.4 is 5.43 Å². The number of hydrogen-bond acceptors (Lipinski definition) is 2. The quantitative estimate of drug-likeness (QED) is 0.760. The van der Waals surface area contributed by atoms with Crippen molar-refractivity contribution in [1.82, 2.24) is 14.2 Å². The second-order valence-electron chi connectivity index (χ2n) is 4.19. The minimum absolute atomic E-state index is 0.719. The van der Waals surface area contributed by atoms with Gasteiger partial charge in [0.15, 0.2) is 0 Å². The van der Waals surface area contributed by atoms with Crippen molar-refractivity contribution >= 4 is 11.0 Å². The van der Waals surface area contributed by atoms with Crippen LogP contribution in [0.2, 0.25) is 0 Å². The van der Waals surface area contributed by atoms with Gasteiger partial charge in [-0.15, -0.1) is 0 Å². The molecule has 4 nitrogen and oxygen atoms in total. The molecule has 2 aromatic heterocycles. The molecule has 92 valence electrons. The maximum absolute atomic E-state index is 4.67. The Kier molecular flexibility index (Phi) is 2.76. The maximum Gasteiger partial charge on any atom is 0.130 e. The first-order chi connectivity index (χ1) is 8.88. The largest absolute Gasteiger partial charge is 0.327 e. The van der Waals surface area contributed by atoms with Crippen LogP contribution in [0.4, 0.5) is 0 Å². The first kappa shape index (κ1) is 10.9. The van der Waals surface area contributed by atoms with Gasteiger partial charge in [-0.2, -0.15) is 0 Å². The summed E-state index contributed by atoms with van der Waals surface area (Å²) in [4.78, 5) is 4.67. The van der Waals surface area contributed by atoms with E-state index in [1.165, 1.54) is 5.52 Å². The molecule has 0 atom stereocenters. The first-order valence-electron chi connectivity index (χ1n) is 6.19. The number of para-hydroxylation sites is 2. The standard InChI is InChI=1S/C14H16N4/c1-2-18-13-8-4-3-7-12(13)16-14(18)11-15-17-9-5-6-10-17/h3-10,15H,2,11H2,1H3. The lowest BCUT2D eigenvalue weighted by atomic mass is 10.3. The molecule has 0 radical (unpaired) electrons. The minimum atomic E-state index is 0.719. The number of nitrogens with zero attached hydrogens (tertiary/aromatic N) is 3. The highest BCUT2D eigenvalue weighted by Gasteiger charge is 2.08. The van der Waals surface area contributed by atoms with Gasteiger partial charge in [0.1, 0.15) is 5.82 Å². The zero-order valence-corrected chi connectivity index (χ0v) is 10.4. The number of benzene rings is 1. The van der Waals surface area contributed by atoms with E-state index >= 15 is 0 Å². The molecule has 0 aliphatic rings. The molecular formula is C14H16N4. The van der Waals surface area contributed by atoms with Crippen molar-refractivity contribution in [2.45, 2.75) is 20.0 Å². The van der Waals surface area contributed by atoms with E-state index in [9.17, 15) is 0 Å². The molecule has 1 aromatic carbocycles. The normalized spacial score (nSPS) is 10.9. The molecule has 1 N–H and O–H groups in total. The van der Waals surface area contributed by atoms with Crippen LogP contribution in [-0.2, 0) is 13.1 Å². The lowest BCUT2D eigenvalue weighted by Gasteiger charge is -2.09. The Morgan fingerprint density at radius 1 is 1.11 bits per heavy atom. The lowest BCUT2D eigenvalue weighted by molar-refractivity contribution is 0.701. The Hall–Kier alpha value is -2.23. The van der Waals surface area contributed by atoms with E-state index in [4.69, 9.17) is 0 Å². The van der Waals surface area contributed by atoms with E-state index in [1.807, 2.05) is 35.3 Å². The van der Waals surface area contributed by atoms with Gasteiger partial charge in [0.05, 0.1) is 17.6 Å². The van der Waals surface area contributed by atoms with E-state index in [2.05, 4.69) is 40.1 Å². The number of nitrogens with one attached hydrogen (secondary N) is 1. The Labute approximate surface area is 106 Å². The highest BCUT2D eigenvalue weighted by molar-refractivity contribution is 5.75. The predicted octanol–water partition coefficient (Wildman–Crippen LogP) is 2.60. The van der Waals surface area contributed by atoms with Crippen molar-refractivity contribution in [3.05, 3.63) is 54.6 Å². The molecule has 0 spiro atoms. The molecule has 0 bridgehead atoms. The van der Waals surface area contributed by atoms with E-state index in [0.717, 1.165) is 24.4 Å². The third-order valence-electron chi connectivity index (χ3n) is 3.07. The number of aryl methyl sites for hydroxylation is 1. The lowest BCUT2D eigenvalue weighted by Crippen LogP contribution is -2.15. The van der Waals surface area contributed by atoms with Crippen LogP contribution in [0.15, 0.2) is 48.8 Å². The van der Waals surface area contributed by atoms with Crippen LogP contribution in [0.3, 0.4) is 0 Å². The van der Waals surface area contributed by atoms with Gasteiger partial charge in [-0.1, -0.05) is 12.1 Å². The van der Waals surface area contributed by atoms with E-state index in [0.29, 0.717) is 0 Å². The highest BCUT2D eigenvalue weighted by atomic mass is 15.4. The van der Waals surface area contributed by atoms with E-state index in [-0.39, 0.29) is 0 Å². The van der Waals surface area contributed by atoms with Gasteiger partial charge < -0.3 is 9.99 Å². The maximum atomic E-state index is 4.67. The zero-order valence-electron chi connectivity index (χ0n) is 10.4. The monoisotopic (exact) mass is 240 g/mol. The average Bonchev–Trinajstić information content (AvgIpc) is 3.03. The fourth-order valence-corrected chi connectivity index (χ4v) is 2.22. The van der Waals surface area contributed by atoms with Gasteiger partial charge in [0.25, 0.3) is 0 Å². The molecule has 0 saturated heterocycles. The molecule has 0 amide bonds. The Morgan fingerprint density at radius 2 is 1.89 bits per heavy atom. The van der Waals surface area contributed by atoms with E-state index < -0.39 is 0 Å². The SMILES string of the molecule is CCn1c(CNn2cccc2)nc2ccccc21. The number of aromatic nitrogens is 3. The van der Waals surface area contributed by atoms with E-state index in [1.54, 1.807) is 0 Å². The number of fused-ring (bicyclic) bond motifs is 1. The summed E-state index contributed by atoms with van der Waals surface area (Å²) >= 11 is 0. The smallest absolute Gasteiger partial charge is 0.130 e. The van der Waals surface area contributed by atoms with Gasteiger partial charge in [0.2, 0.25) is 0 Å². The van der Waals surface area contributed by atoms with Gasteiger partial charge in [-0.05, 0) is 31.2 Å². The summed E-state index contributed by atoms with van der Waals surface area (Å²) in [5, 5.41) is 0. The number of imidazole rings is 1. The second kappa shape index (κ2) is 4.56. The van der Waals surface area contributed by atoms with Gasteiger partial charge in [-0.3, -0.25) is 4.68 Å². The number of hydrogen-bond donors (Lipinski definition) is 1. The van der Waals surface area contributed by atoms with Crippen molar-refractivity contribution in [1.29, 1.82) is 0 Å². The fraction of sp³-hybridized carbons (Fsp3) is 0.214. The topological polar surface area (TPSA) is 34.8 Å². The highest BCUT2D eigenvalue weighted by Crippen LogP contribution is 2.15. The summed E-state index contributed by atoms with van der Waals surface area (Å²) < 4.78 is 4.19. The van der Waals surface area contributed by atoms with Gasteiger partial charge in [0, 0.05) is 18.9 Å². The third kappa shape index (κ3) is 1.86. The molecule has 0 fully saturated rings. The van der Waals surface area contributed by atoms with Crippen molar-refractivity contribution in [2.75, 3.05) is 5.43 Å². The molecule has 0 unspecified atom stereocenters. The van der Waals surface area contributed by atoms with Crippen LogP contribution in [-0.4, -0.2) is 14.2 Å². The number of rotatable bonds is 4. The summed E-state index contributed by atoms with van der Waals surface area (Å²) in [6.07, 6.45) is 3.97. The summed E-state index contributed by atoms with van der Waals surface area (Å²) in [5.74, 6) is 1.06. The molecule has 0 saturated carbocycles. The van der Waals surface area contributed by atoms with Crippen molar-refractivity contribution in [2.24, 2.45) is 0 Å². The third-order valence-corrected chi connectivity index (χ3v) is 3.07. The fourth-order valence-electron chi connectivity index (χ4n) is 2.22. The Bertz CT molecular complexity index is 637. The van der Waals surface area contributed by atoms with Crippen LogP contribution in [0.1, 0.15) is 12.7 Å². The molecule has 18 heavy (non-hydrogen) atoms. The van der Waals surface area contributed by atoms with Crippen molar-refractivity contribution in [3.8, 4) is 0 Å². The molecule has 0 aliphatic carbocycles.